The van der Waals surface area contributed by atoms with Crippen LogP contribution in [0.5, 0.6) is 0 Å². The molecule has 0 aliphatic carbocycles. The van der Waals surface area contributed by atoms with Gasteiger partial charge < -0.3 is 10.2 Å². The number of carboxylic acids is 2. The third-order valence-electron chi connectivity index (χ3n) is 4.49. The Balaban J connectivity index is 0.000000200. The van der Waals surface area contributed by atoms with Crippen LogP contribution in [0.15, 0.2) is 72.8 Å². The van der Waals surface area contributed by atoms with E-state index in [1.165, 1.54) is 11.1 Å². The van der Waals surface area contributed by atoms with Gasteiger partial charge in [-0.2, -0.15) is 0 Å². The molecular weight excluding hydrogens is 465 g/mol. The molecule has 2 N–H and O–H groups in total. The Morgan fingerprint density at radius 1 is 0.552 bits per heavy atom. The fraction of sp³-hybridized carbons (Fsp3) is 0.0833. The van der Waals surface area contributed by atoms with Crippen molar-refractivity contribution in [2.75, 3.05) is 0 Å². The zero-order valence-corrected chi connectivity index (χ0v) is 20.4. The number of hydrogen-bond donors (Lipinski definition) is 2. The number of fused-ring (bicyclic) bond motifs is 2. The molecule has 5 heteroatoms. The number of carbonyl (C=O) groups is 2. The van der Waals surface area contributed by atoms with Gasteiger partial charge in [0.05, 0.1) is 11.1 Å². The maximum Gasteiger partial charge on any atom is 0.335 e. The maximum absolute atomic E-state index is 10.7. The molecule has 4 nitrogen and oxygen atoms in total. The first-order valence-electron chi connectivity index (χ1n) is 8.81. The molecular formula is C24H20CdO4. The second-order valence-electron chi connectivity index (χ2n) is 6.74. The van der Waals surface area contributed by atoms with Crippen LogP contribution >= 0.6 is 0 Å². The van der Waals surface area contributed by atoms with Crippen LogP contribution in [0.1, 0.15) is 31.8 Å². The van der Waals surface area contributed by atoms with E-state index in [9.17, 15) is 9.59 Å². The standard InChI is InChI=1S/2C12H10O2.Cd/c2*1-8-2-3-10-7-11(12(13)14)5-4-9(10)6-8;/h2*2-7H,1H3,(H,13,14);. The fourth-order valence-corrected chi connectivity index (χ4v) is 3.00. The number of benzene rings is 4. The Kier molecular flexibility index (Phi) is 7.50. The number of rotatable bonds is 2. The van der Waals surface area contributed by atoms with E-state index >= 15 is 0 Å². The molecule has 0 saturated carbocycles. The second-order valence-corrected chi connectivity index (χ2v) is 6.74. The summed E-state index contributed by atoms with van der Waals surface area (Å²) in [5.74, 6) is -1.76. The normalized spacial score (nSPS) is 10.0. The first-order chi connectivity index (χ1) is 13.3. The van der Waals surface area contributed by atoms with Crippen LogP contribution < -0.4 is 0 Å². The van der Waals surface area contributed by atoms with Crippen molar-refractivity contribution in [3.8, 4) is 0 Å². The van der Waals surface area contributed by atoms with Gasteiger partial charge >= 0.3 is 11.9 Å². The Morgan fingerprint density at radius 2 is 0.862 bits per heavy atom. The van der Waals surface area contributed by atoms with Gasteiger partial charge in [0, 0.05) is 27.3 Å². The molecule has 4 rings (SSSR count). The smallest absolute Gasteiger partial charge is 0.335 e. The van der Waals surface area contributed by atoms with Gasteiger partial charge in [0.15, 0.2) is 0 Å². The minimum atomic E-state index is -0.882. The number of hydrogen-bond acceptors (Lipinski definition) is 2. The molecule has 0 atom stereocenters. The third-order valence-corrected chi connectivity index (χ3v) is 4.49. The molecule has 0 aromatic heterocycles. The Hall–Kier alpha value is -2.74. The van der Waals surface area contributed by atoms with Crippen molar-refractivity contribution in [3.63, 3.8) is 0 Å². The monoisotopic (exact) mass is 486 g/mol. The summed E-state index contributed by atoms with van der Waals surface area (Å²) in [6.07, 6.45) is 0. The zero-order chi connectivity index (χ0) is 20.3. The molecule has 29 heavy (non-hydrogen) atoms. The molecule has 4 aromatic rings. The average molecular weight is 485 g/mol. The van der Waals surface area contributed by atoms with Crippen molar-refractivity contribution in [1.29, 1.82) is 0 Å². The van der Waals surface area contributed by atoms with Gasteiger partial charge in [-0.25, -0.2) is 9.59 Å². The summed E-state index contributed by atoms with van der Waals surface area (Å²) >= 11 is 0. The van der Waals surface area contributed by atoms with Gasteiger partial charge in [-0.15, -0.1) is 0 Å². The molecule has 0 radical (unpaired) electrons. The minimum Gasteiger partial charge on any atom is -0.478 e. The quantitative estimate of drug-likeness (QED) is 0.358. The first-order valence-corrected chi connectivity index (χ1v) is 8.81. The minimum absolute atomic E-state index is 0. The van der Waals surface area contributed by atoms with E-state index in [-0.39, 0.29) is 27.3 Å². The van der Waals surface area contributed by atoms with E-state index in [4.69, 9.17) is 10.2 Å². The molecule has 0 spiro atoms. The van der Waals surface area contributed by atoms with Crippen LogP contribution in [-0.4, -0.2) is 22.2 Å². The molecule has 0 unspecified atom stereocenters. The number of aryl methyl sites for hydroxylation is 2. The predicted octanol–water partition coefficient (Wildman–Crippen LogP) is 5.69. The molecule has 0 amide bonds. The van der Waals surface area contributed by atoms with Crippen LogP contribution in [0.25, 0.3) is 21.5 Å². The summed E-state index contributed by atoms with van der Waals surface area (Å²) in [5.41, 5.74) is 3.03. The molecule has 142 valence electrons. The Morgan fingerprint density at radius 3 is 1.21 bits per heavy atom. The average Bonchev–Trinajstić information content (AvgIpc) is 2.67. The van der Waals surface area contributed by atoms with Crippen LogP contribution in [0, 0.1) is 13.8 Å². The predicted molar refractivity (Wildman–Crippen MR) is 111 cm³/mol. The van der Waals surface area contributed by atoms with E-state index < -0.39 is 11.9 Å². The van der Waals surface area contributed by atoms with Crippen molar-refractivity contribution < 1.29 is 47.1 Å². The topological polar surface area (TPSA) is 74.6 Å². The van der Waals surface area contributed by atoms with Crippen molar-refractivity contribution >= 4 is 33.5 Å². The van der Waals surface area contributed by atoms with Crippen molar-refractivity contribution in [1.82, 2.24) is 0 Å². The molecule has 4 aromatic carbocycles. The summed E-state index contributed by atoms with van der Waals surface area (Å²) < 4.78 is 0. The van der Waals surface area contributed by atoms with Gasteiger partial charge in [0.2, 0.25) is 0 Å². The van der Waals surface area contributed by atoms with Gasteiger partial charge in [0.1, 0.15) is 0 Å². The van der Waals surface area contributed by atoms with Crippen molar-refractivity contribution in [2.24, 2.45) is 0 Å². The summed E-state index contributed by atoms with van der Waals surface area (Å²) in [6, 6.07) is 22.2. The van der Waals surface area contributed by atoms with Gasteiger partial charge in [-0.3, -0.25) is 0 Å². The van der Waals surface area contributed by atoms with Gasteiger partial charge in [-0.1, -0.05) is 59.7 Å². The Bertz CT molecular complexity index is 1100. The summed E-state index contributed by atoms with van der Waals surface area (Å²) in [5, 5.41) is 21.7. The molecule has 0 saturated heterocycles. The zero-order valence-electron chi connectivity index (χ0n) is 16.3. The molecule has 0 aliphatic heterocycles. The molecule has 0 bridgehead atoms. The van der Waals surface area contributed by atoms with Crippen LogP contribution in [0.2, 0.25) is 0 Å². The van der Waals surface area contributed by atoms with E-state index in [1.54, 1.807) is 24.3 Å². The van der Waals surface area contributed by atoms with E-state index in [0.29, 0.717) is 11.1 Å². The van der Waals surface area contributed by atoms with Crippen molar-refractivity contribution in [3.05, 3.63) is 95.1 Å². The number of carboxylic acid groups (broad SMARTS) is 2. The van der Waals surface area contributed by atoms with Crippen molar-refractivity contribution in [2.45, 2.75) is 13.8 Å². The largest absolute Gasteiger partial charge is 0.478 e. The Labute approximate surface area is 189 Å². The van der Waals surface area contributed by atoms with Crippen LogP contribution in [0.3, 0.4) is 0 Å². The van der Waals surface area contributed by atoms with E-state index in [2.05, 4.69) is 0 Å². The SMILES string of the molecule is Cc1ccc2cc(C(=O)O)ccc2c1.Cc1ccc2cc(C(=O)O)ccc2c1.[Cd]. The van der Waals surface area contributed by atoms with Gasteiger partial charge in [-0.05, 0) is 59.7 Å². The third kappa shape index (κ3) is 5.63. The van der Waals surface area contributed by atoms with Crippen LogP contribution in [0.4, 0.5) is 0 Å². The van der Waals surface area contributed by atoms with E-state index in [1.807, 2.05) is 62.4 Å². The molecule has 0 fully saturated rings. The van der Waals surface area contributed by atoms with E-state index in [0.717, 1.165) is 21.5 Å². The van der Waals surface area contributed by atoms with Crippen LogP contribution in [-0.2, 0) is 27.3 Å². The first kappa shape index (κ1) is 22.6. The van der Waals surface area contributed by atoms with Gasteiger partial charge in [0.25, 0.3) is 0 Å². The summed E-state index contributed by atoms with van der Waals surface area (Å²) in [7, 11) is 0. The fourth-order valence-electron chi connectivity index (χ4n) is 3.00. The second kappa shape index (κ2) is 9.65. The molecule has 0 heterocycles. The number of aromatic carboxylic acids is 2. The molecule has 0 aliphatic rings. The summed E-state index contributed by atoms with van der Waals surface area (Å²) in [6.45, 7) is 4.04. The summed E-state index contributed by atoms with van der Waals surface area (Å²) in [4.78, 5) is 21.4. The maximum atomic E-state index is 10.7.